The van der Waals surface area contributed by atoms with Crippen LogP contribution in [0.1, 0.15) is 35.1 Å². The van der Waals surface area contributed by atoms with Crippen molar-refractivity contribution >= 4 is 17.5 Å². The first-order valence-electron chi connectivity index (χ1n) is 6.74. The maximum absolute atomic E-state index is 12.1. The number of carbonyl (C=O) groups excluding carboxylic acids is 1. The number of H-pyrrole nitrogens is 1. The number of carbonyl (C=O) groups is 1. The first-order valence-corrected chi connectivity index (χ1v) is 7.12. The quantitative estimate of drug-likeness (QED) is 0.804. The summed E-state index contributed by atoms with van der Waals surface area (Å²) in [6, 6.07) is 1.70. The monoisotopic (exact) mass is 294 g/mol. The van der Waals surface area contributed by atoms with Gasteiger partial charge in [0.2, 0.25) is 0 Å². The van der Waals surface area contributed by atoms with E-state index in [2.05, 4.69) is 15.5 Å². The normalized spacial score (nSPS) is 10.8. The number of aromatic nitrogens is 3. The van der Waals surface area contributed by atoms with Gasteiger partial charge < -0.3 is 9.88 Å². The number of nitrogens with zero attached hydrogens (tertiary/aromatic N) is 2. The number of aryl methyl sites for hydroxylation is 3. The van der Waals surface area contributed by atoms with E-state index in [-0.39, 0.29) is 5.91 Å². The van der Waals surface area contributed by atoms with Crippen LogP contribution in [0.15, 0.2) is 18.5 Å². The molecule has 0 saturated heterocycles. The molecule has 0 aliphatic heterocycles. The van der Waals surface area contributed by atoms with Gasteiger partial charge in [-0.1, -0.05) is 11.6 Å². The van der Waals surface area contributed by atoms with E-state index in [4.69, 9.17) is 11.6 Å². The average molecular weight is 295 g/mol. The molecular weight excluding hydrogens is 276 g/mol. The fraction of sp³-hybridized carbons (Fsp3) is 0.429. The van der Waals surface area contributed by atoms with Gasteiger partial charge in [0, 0.05) is 25.0 Å². The highest BCUT2D eigenvalue weighted by atomic mass is 35.5. The molecule has 1 amide bonds. The molecule has 0 aliphatic carbocycles. The molecule has 20 heavy (non-hydrogen) atoms. The lowest BCUT2D eigenvalue weighted by molar-refractivity contribution is 0.0944. The first kappa shape index (κ1) is 14.7. The fourth-order valence-corrected chi connectivity index (χ4v) is 2.35. The van der Waals surface area contributed by atoms with Gasteiger partial charge in [-0.25, -0.2) is 0 Å². The van der Waals surface area contributed by atoms with Crippen molar-refractivity contribution in [2.24, 2.45) is 0 Å². The Morgan fingerprint density at radius 1 is 1.55 bits per heavy atom. The summed E-state index contributed by atoms with van der Waals surface area (Å²) < 4.78 is 1.85. The number of nitrogens with one attached hydrogen (secondary N) is 2. The Labute approximate surface area is 123 Å². The molecule has 5 nitrogen and oxygen atoms in total. The molecule has 2 heterocycles. The van der Waals surface area contributed by atoms with Crippen molar-refractivity contribution < 1.29 is 4.79 Å². The Hall–Kier alpha value is -1.75. The molecule has 0 aliphatic rings. The summed E-state index contributed by atoms with van der Waals surface area (Å²) in [5.41, 5.74) is 2.89. The van der Waals surface area contributed by atoms with Crippen LogP contribution < -0.4 is 5.32 Å². The molecule has 0 unspecified atom stereocenters. The Balaban J connectivity index is 1.82. The highest BCUT2D eigenvalue weighted by molar-refractivity contribution is 6.31. The smallest absolute Gasteiger partial charge is 0.267 e. The van der Waals surface area contributed by atoms with Crippen LogP contribution in [0.25, 0.3) is 0 Å². The summed E-state index contributed by atoms with van der Waals surface area (Å²) in [6.07, 6.45) is 5.38. The lowest BCUT2D eigenvalue weighted by Gasteiger charge is -2.07. The minimum atomic E-state index is -0.0809. The molecule has 0 fully saturated rings. The van der Waals surface area contributed by atoms with Crippen LogP contribution in [-0.4, -0.2) is 27.2 Å². The van der Waals surface area contributed by atoms with Gasteiger partial charge in [-0.15, -0.1) is 0 Å². The van der Waals surface area contributed by atoms with Crippen LogP contribution in [0.2, 0.25) is 5.02 Å². The molecule has 6 heteroatoms. The third-order valence-corrected chi connectivity index (χ3v) is 3.49. The van der Waals surface area contributed by atoms with Crippen molar-refractivity contribution in [2.75, 3.05) is 6.54 Å². The van der Waals surface area contributed by atoms with Gasteiger partial charge in [-0.2, -0.15) is 5.10 Å². The van der Waals surface area contributed by atoms with Crippen LogP contribution in [0.3, 0.4) is 0 Å². The lowest BCUT2D eigenvalue weighted by atomic mass is 10.1. The maximum Gasteiger partial charge on any atom is 0.267 e. The summed E-state index contributed by atoms with van der Waals surface area (Å²) in [6.45, 7) is 5.34. The van der Waals surface area contributed by atoms with E-state index in [0.717, 1.165) is 25.1 Å². The van der Waals surface area contributed by atoms with Crippen molar-refractivity contribution in [3.8, 4) is 0 Å². The zero-order valence-corrected chi connectivity index (χ0v) is 12.5. The van der Waals surface area contributed by atoms with E-state index in [1.54, 1.807) is 12.3 Å². The van der Waals surface area contributed by atoms with Gasteiger partial charge in [0.25, 0.3) is 5.91 Å². The summed E-state index contributed by atoms with van der Waals surface area (Å²) in [5, 5.41) is 10.4. The van der Waals surface area contributed by atoms with E-state index < -0.39 is 0 Å². The molecular formula is C14H19ClN4O. The van der Waals surface area contributed by atoms with Gasteiger partial charge in [-0.05, 0) is 38.3 Å². The van der Waals surface area contributed by atoms with Gasteiger partial charge >= 0.3 is 0 Å². The van der Waals surface area contributed by atoms with Gasteiger partial charge in [0.15, 0.2) is 0 Å². The standard InChI is InChI=1S/C14H19ClN4O/c1-3-19-9-12(15)7-13(19)14(20)16-6-4-5-11-8-17-18-10(11)2/h7-9H,3-6H2,1-2H3,(H,16,20)(H,17,18). The molecule has 0 aromatic carbocycles. The third kappa shape index (κ3) is 3.42. The first-order chi connectivity index (χ1) is 9.61. The Kier molecular flexibility index (Phi) is 4.84. The SMILES string of the molecule is CCn1cc(Cl)cc1C(=O)NCCCc1cn[nH]c1C. The second-order valence-corrected chi connectivity index (χ2v) is 5.15. The van der Waals surface area contributed by atoms with E-state index in [9.17, 15) is 4.79 Å². The summed E-state index contributed by atoms with van der Waals surface area (Å²) >= 11 is 5.92. The molecule has 0 bridgehead atoms. The Morgan fingerprint density at radius 2 is 2.35 bits per heavy atom. The molecule has 2 aromatic heterocycles. The van der Waals surface area contributed by atoms with Gasteiger partial charge in [-0.3, -0.25) is 9.89 Å². The summed E-state index contributed by atoms with van der Waals surface area (Å²) in [4.78, 5) is 12.1. The number of amides is 1. The van der Waals surface area contributed by atoms with Crippen molar-refractivity contribution in [1.29, 1.82) is 0 Å². The molecule has 2 rings (SSSR count). The molecule has 0 spiro atoms. The minimum absolute atomic E-state index is 0.0809. The molecule has 0 atom stereocenters. The lowest BCUT2D eigenvalue weighted by Crippen LogP contribution is -2.26. The van der Waals surface area contributed by atoms with E-state index >= 15 is 0 Å². The summed E-state index contributed by atoms with van der Waals surface area (Å²) in [5.74, 6) is -0.0809. The molecule has 108 valence electrons. The number of hydrogen-bond donors (Lipinski definition) is 2. The van der Waals surface area contributed by atoms with Gasteiger partial charge in [0.1, 0.15) is 5.69 Å². The Morgan fingerprint density at radius 3 is 3.00 bits per heavy atom. The number of hydrogen-bond acceptors (Lipinski definition) is 2. The Bertz CT molecular complexity index is 588. The number of halogens is 1. The molecule has 2 aromatic rings. The molecule has 0 saturated carbocycles. The maximum atomic E-state index is 12.1. The zero-order chi connectivity index (χ0) is 14.5. The number of aromatic amines is 1. The van der Waals surface area contributed by atoms with E-state index in [0.29, 0.717) is 17.3 Å². The largest absolute Gasteiger partial charge is 0.351 e. The van der Waals surface area contributed by atoms with Crippen LogP contribution in [0.4, 0.5) is 0 Å². The van der Waals surface area contributed by atoms with Crippen molar-refractivity contribution in [2.45, 2.75) is 33.2 Å². The van der Waals surface area contributed by atoms with E-state index in [1.165, 1.54) is 5.56 Å². The van der Waals surface area contributed by atoms with Crippen molar-refractivity contribution in [3.63, 3.8) is 0 Å². The molecule has 0 radical (unpaired) electrons. The highest BCUT2D eigenvalue weighted by Gasteiger charge is 2.11. The minimum Gasteiger partial charge on any atom is -0.351 e. The van der Waals surface area contributed by atoms with Gasteiger partial charge in [0.05, 0.1) is 11.2 Å². The second kappa shape index (κ2) is 6.61. The fourth-order valence-electron chi connectivity index (χ4n) is 2.13. The van der Waals surface area contributed by atoms with E-state index in [1.807, 2.05) is 24.6 Å². The predicted octanol–water partition coefficient (Wildman–Crippen LogP) is 2.56. The van der Waals surface area contributed by atoms with Crippen LogP contribution in [0, 0.1) is 6.92 Å². The molecule has 2 N–H and O–H groups in total. The third-order valence-electron chi connectivity index (χ3n) is 3.28. The van der Waals surface area contributed by atoms with Crippen LogP contribution >= 0.6 is 11.6 Å². The van der Waals surface area contributed by atoms with Crippen LogP contribution in [0.5, 0.6) is 0 Å². The predicted molar refractivity (Wildman–Crippen MR) is 79.1 cm³/mol. The topological polar surface area (TPSA) is 62.7 Å². The van der Waals surface area contributed by atoms with Crippen molar-refractivity contribution in [3.05, 3.63) is 40.4 Å². The second-order valence-electron chi connectivity index (χ2n) is 4.71. The highest BCUT2D eigenvalue weighted by Crippen LogP contribution is 2.14. The van der Waals surface area contributed by atoms with Crippen molar-refractivity contribution in [1.82, 2.24) is 20.1 Å². The average Bonchev–Trinajstić information content (AvgIpc) is 3.00. The van der Waals surface area contributed by atoms with Crippen LogP contribution in [-0.2, 0) is 13.0 Å². The zero-order valence-electron chi connectivity index (χ0n) is 11.7. The number of rotatable bonds is 6. The summed E-state index contributed by atoms with van der Waals surface area (Å²) in [7, 11) is 0.